The fraction of sp³-hybridized carbons (Fsp3) is 0.176. The molecule has 4 nitrogen and oxygen atoms in total. The van der Waals surface area contributed by atoms with Crippen molar-refractivity contribution in [3.05, 3.63) is 53.6 Å². The Morgan fingerprint density at radius 3 is 2.00 bits per heavy atom. The van der Waals surface area contributed by atoms with Crippen molar-refractivity contribution < 1.29 is 9.47 Å². The van der Waals surface area contributed by atoms with E-state index in [9.17, 15) is 0 Å². The van der Waals surface area contributed by atoms with Crippen molar-refractivity contribution in [2.45, 2.75) is 13.3 Å². The van der Waals surface area contributed by atoms with Crippen LogP contribution in [0.1, 0.15) is 24.5 Å². The first-order valence-electron chi connectivity index (χ1n) is 6.62. The molecular formula is C17H14N2O2. The van der Waals surface area contributed by atoms with E-state index in [4.69, 9.17) is 20.0 Å². The van der Waals surface area contributed by atoms with Crippen molar-refractivity contribution in [3.8, 4) is 29.4 Å². The molecule has 0 aromatic heterocycles. The van der Waals surface area contributed by atoms with E-state index in [1.807, 2.05) is 19.1 Å². The molecule has 2 aromatic carbocycles. The summed E-state index contributed by atoms with van der Waals surface area (Å²) in [7, 11) is 0. The molecule has 0 fully saturated rings. The lowest BCUT2D eigenvalue weighted by Crippen LogP contribution is -1.95. The SMILES string of the molecule is CCCOc1ccc(Oc2c(C#N)cccc2C#N)cc1. The Balaban J connectivity index is 2.23. The quantitative estimate of drug-likeness (QED) is 0.828. The first kappa shape index (κ1) is 14.4. The molecule has 0 heterocycles. The molecule has 0 saturated heterocycles. The predicted molar refractivity (Wildman–Crippen MR) is 78.2 cm³/mol. The molecule has 104 valence electrons. The Morgan fingerprint density at radius 2 is 1.48 bits per heavy atom. The Kier molecular flexibility index (Phi) is 4.79. The molecule has 0 N–H and O–H groups in total. The van der Waals surface area contributed by atoms with E-state index < -0.39 is 0 Å². The van der Waals surface area contributed by atoms with Gasteiger partial charge in [0.15, 0.2) is 5.75 Å². The molecule has 0 aliphatic carbocycles. The maximum absolute atomic E-state index is 9.10. The first-order chi connectivity index (χ1) is 10.3. The molecule has 0 amide bonds. The molecule has 0 radical (unpaired) electrons. The van der Waals surface area contributed by atoms with Crippen LogP contribution in [0.25, 0.3) is 0 Å². The van der Waals surface area contributed by atoms with Crippen LogP contribution in [0.3, 0.4) is 0 Å². The highest BCUT2D eigenvalue weighted by atomic mass is 16.5. The van der Waals surface area contributed by atoms with Crippen LogP contribution in [-0.4, -0.2) is 6.61 Å². The summed E-state index contributed by atoms with van der Waals surface area (Å²) >= 11 is 0. The second kappa shape index (κ2) is 6.98. The Hall–Kier alpha value is -2.98. The van der Waals surface area contributed by atoms with Crippen LogP contribution in [0, 0.1) is 22.7 Å². The molecule has 21 heavy (non-hydrogen) atoms. The largest absolute Gasteiger partial charge is 0.494 e. The topological polar surface area (TPSA) is 66.0 Å². The minimum atomic E-state index is 0.282. The van der Waals surface area contributed by atoms with Gasteiger partial charge in [0, 0.05) is 0 Å². The zero-order valence-corrected chi connectivity index (χ0v) is 11.7. The van der Waals surface area contributed by atoms with Crippen molar-refractivity contribution in [2.24, 2.45) is 0 Å². The van der Waals surface area contributed by atoms with Gasteiger partial charge in [-0.3, -0.25) is 0 Å². The van der Waals surface area contributed by atoms with E-state index in [0.29, 0.717) is 23.5 Å². The van der Waals surface area contributed by atoms with Crippen molar-refractivity contribution >= 4 is 0 Å². The number of para-hydroxylation sites is 1. The fourth-order valence-electron chi connectivity index (χ4n) is 1.76. The smallest absolute Gasteiger partial charge is 0.162 e. The van der Waals surface area contributed by atoms with Crippen LogP contribution in [0.5, 0.6) is 17.2 Å². The summed E-state index contributed by atoms with van der Waals surface area (Å²) in [5.41, 5.74) is 0.667. The average Bonchev–Trinajstić information content (AvgIpc) is 2.54. The molecule has 0 atom stereocenters. The summed E-state index contributed by atoms with van der Waals surface area (Å²) in [5.74, 6) is 1.60. The monoisotopic (exact) mass is 278 g/mol. The van der Waals surface area contributed by atoms with Crippen molar-refractivity contribution in [1.82, 2.24) is 0 Å². The third-order valence-corrected chi connectivity index (χ3v) is 2.77. The lowest BCUT2D eigenvalue weighted by Gasteiger charge is -2.10. The fourth-order valence-corrected chi connectivity index (χ4v) is 1.76. The lowest BCUT2D eigenvalue weighted by molar-refractivity contribution is 0.317. The standard InChI is InChI=1S/C17H14N2O2/c1-2-10-20-15-6-8-16(9-7-15)21-17-13(11-18)4-3-5-14(17)12-19/h3-9H,2,10H2,1H3. The summed E-state index contributed by atoms with van der Waals surface area (Å²) in [4.78, 5) is 0. The average molecular weight is 278 g/mol. The number of rotatable bonds is 5. The third-order valence-electron chi connectivity index (χ3n) is 2.77. The first-order valence-corrected chi connectivity index (χ1v) is 6.62. The summed E-state index contributed by atoms with van der Waals surface area (Å²) in [6.07, 6.45) is 0.944. The minimum absolute atomic E-state index is 0.282. The maximum Gasteiger partial charge on any atom is 0.162 e. The zero-order chi connectivity index (χ0) is 15.1. The second-order valence-electron chi connectivity index (χ2n) is 4.33. The van der Waals surface area contributed by atoms with Gasteiger partial charge >= 0.3 is 0 Å². The molecule has 0 bridgehead atoms. The van der Waals surface area contributed by atoms with Crippen molar-refractivity contribution in [2.75, 3.05) is 6.61 Å². The summed E-state index contributed by atoms with van der Waals surface area (Å²) in [6, 6.07) is 16.1. The highest BCUT2D eigenvalue weighted by molar-refractivity contribution is 5.55. The molecule has 0 saturated carbocycles. The number of nitriles is 2. The number of ether oxygens (including phenoxy) is 2. The maximum atomic E-state index is 9.10. The molecule has 0 aliphatic rings. The van der Waals surface area contributed by atoms with Gasteiger partial charge in [-0.25, -0.2) is 0 Å². The molecule has 2 rings (SSSR count). The number of hydrogen-bond acceptors (Lipinski definition) is 4. The van der Waals surface area contributed by atoms with Crippen LogP contribution < -0.4 is 9.47 Å². The highest BCUT2D eigenvalue weighted by Crippen LogP contribution is 2.29. The van der Waals surface area contributed by atoms with Crippen LogP contribution in [0.2, 0.25) is 0 Å². The summed E-state index contributed by atoms with van der Waals surface area (Å²) in [6.45, 7) is 2.70. The van der Waals surface area contributed by atoms with E-state index in [2.05, 4.69) is 0 Å². The van der Waals surface area contributed by atoms with Gasteiger partial charge in [0.25, 0.3) is 0 Å². The number of nitrogens with zero attached hydrogens (tertiary/aromatic N) is 2. The molecule has 0 unspecified atom stereocenters. The second-order valence-corrected chi connectivity index (χ2v) is 4.33. The summed E-state index contributed by atoms with van der Waals surface area (Å²) in [5, 5.41) is 18.2. The van der Waals surface area contributed by atoms with Gasteiger partial charge in [-0.1, -0.05) is 13.0 Å². The summed E-state index contributed by atoms with van der Waals surface area (Å²) < 4.78 is 11.2. The van der Waals surface area contributed by atoms with Gasteiger partial charge in [0.1, 0.15) is 23.6 Å². The predicted octanol–water partition coefficient (Wildman–Crippen LogP) is 4.01. The molecular weight excluding hydrogens is 264 g/mol. The van der Waals surface area contributed by atoms with E-state index in [1.165, 1.54) is 0 Å². The lowest BCUT2D eigenvalue weighted by atomic mass is 10.1. The van der Waals surface area contributed by atoms with E-state index in [1.54, 1.807) is 42.5 Å². The molecule has 4 heteroatoms. The van der Waals surface area contributed by atoms with E-state index in [-0.39, 0.29) is 5.75 Å². The molecule has 2 aromatic rings. The van der Waals surface area contributed by atoms with Crippen LogP contribution in [-0.2, 0) is 0 Å². The van der Waals surface area contributed by atoms with Crippen LogP contribution in [0.15, 0.2) is 42.5 Å². The number of benzene rings is 2. The van der Waals surface area contributed by atoms with E-state index in [0.717, 1.165) is 12.2 Å². The normalized spacial score (nSPS) is 9.48. The van der Waals surface area contributed by atoms with Gasteiger partial charge in [-0.05, 0) is 42.8 Å². The zero-order valence-electron chi connectivity index (χ0n) is 11.7. The van der Waals surface area contributed by atoms with Crippen LogP contribution >= 0.6 is 0 Å². The van der Waals surface area contributed by atoms with Gasteiger partial charge in [-0.15, -0.1) is 0 Å². The Labute approximate surface area is 123 Å². The van der Waals surface area contributed by atoms with E-state index >= 15 is 0 Å². The van der Waals surface area contributed by atoms with Gasteiger partial charge in [0.05, 0.1) is 17.7 Å². The van der Waals surface area contributed by atoms with Gasteiger partial charge in [0.2, 0.25) is 0 Å². The van der Waals surface area contributed by atoms with Crippen molar-refractivity contribution in [1.29, 1.82) is 10.5 Å². The Bertz CT molecular complexity index is 662. The molecule has 0 spiro atoms. The number of hydrogen-bond donors (Lipinski definition) is 0. The van der Waals surface area contributed by atoms with Crippen molar-refractivity contribution in [3.63, 3.8) is 0 Å². The van der Waals surface area contributed by atoms with Gasteiger partial charge < -0.3 is 9.47 Å². The Morgan fingerprint density at radius 1 is 0.905 bits per heavy atom. The third kappa shape index (κ3) is 3.52. The minimum Gasteiger partial charge on any atom is -0.494 e. The van der Waals surface area contributed by atoms with Crippen LogP contribution in [0.4, 0.5) is 0 Å². The molecule has 0 aliphatic heterocycles. The highest BCUT2D eigenvalue weighted by Gasteiger charge is 2.10. The van der Waals surface area contributed by atoms with Gasteiger partial charge in [-0.2, -0.15) is 10.5 Å².